The van der Waals surface area contributed by atoms with Crippen LogP contribution in [0, 0.1) is 28.5 Å². The van der Waals surface area contributed by atoms with Crippen LogP contribution >= 0.6 is 11.6 Å². The average Bonchev–Trinajstić information content (AvgIpc) is 2.76. The predicted octanol–water partition coefficient (Wildman–Crippen LogP) is 2.95. The third-order valence-electron chi connectivity index (χ3n) is 4.98. The summed E-state index contributed by atoms with van der Waals surface area (Å²) in [4.78, 5) is 30.9. The largest absolute Gasteiger partial charge is 0.390 e. The summed E-state index contributed by atoms with van der Waals surface area (Å²) in [5.74, 6) is -0.685. The van der Waals surface area contributed by atoms with E-state index in [0.29, 0.717) is 0 Å². The minimum atomic E-state index is -1.12. The average molecular weight is 468 g/mol. The Morgan fingerprint density at radius 1 is 1.21 bits per heavy atom. The number of benzene rings is 1. The maximum Gasteiger partial charge on any atom is 0.336 e. The fraction of sp³-hybridized carbons (Fsp3) is 0.261. The molecule has 1 aromatic carbocycles. The smallest absolute Gasteiger partial charge is 0.336 e. The van der Waals surface area contributed by atoms with Crippen LogP contribution in [-0.4, -0.2) is 24.8 Å². The van der Waals surface area contributed by atoms with E-state index in [1.165, 1.54) is 30.6 Å². The number of nitrogens with zero attached hydrogens (tertiary/aromatic N) is 5. The van der Waals surface area contributed by atoms with E-state index in [-0.39, 0.29) is 52.5 Å². The van der Waals surface area contributed by atoms with Gasteiger partial charge in [0, 0.05) is 11.9 Å². The fourth-order valence-corrected chi connectivity index (χ4v) is 3.57. The van der Waals surface area contributed by atoms with Gasteiger partial charge in [0.25, 0.3) is 5.56 Å². The lowest BCUT2D eigenvalue weighted by atomic mass is 9.96. The normalized spacial score (nSPS) is 11.1. The molecule has 0 radical (unpaired) electrons. The first-order valence-corrected chi connectivity index (χ1v) is 10.2. The highest BCUT2D eigenvalue weighted by atomic mass is 35.5. The lowest BCUT2D eigenvalue weighted by molar-refractivity contribution is 0.0708. The summed E-state index contributed by atoms with van der Waals surface area (Å²) < 4.78 is 15.8. The number of hydrogen-bond donors (Lipinski definition) is 1. The number of rotatable bonds is 6. The highest BCUT2D eigenvalue weighted by molar-refractivity contribution is 6.31. The topological polar surface area (TPSA) is 125 Å². The van der Waals surface area contributed by atoms with Gasteiger partial charge in [0.15, 0.2) is 0 Å². The van der Waals surface area contributed by atoms with Crippen molar-refractivity contribution < 1.29 is 9.50 Å². The van der Waals surface area contributed by atoms with Crippen molar-refractivity contribution >= 4 is 11.6 Å². The van der Waals surface area contributed by atoms with Gasteiger partial charge in [0.2, 0.25) is 0 Å². The van der Waals surface area contributed by atoms with E-state index in [0.717, 1.165) is 15.2 Å². The molecule has 0 saturated heterocycles. The second-order valence-corrected chi connectivity index (χ2v) is 8.38. The van der Waals surface area contributed by atoms with Gasteiger partial charge in [-0.05, 0) is 50.5 Å². The zero-order valence-corrected chi connectivity index (χ0v) is 18.6. The Hall–Kier alpha value is -3.79. The van der Waals surface area contributed by atoms with E-state index in [1.807, 2.05) is 12.1 Å². The van der Waals surface area contributed by atoms with Crippen LogP contribution in [0.2, 0.25) is 5.02 Å². The van der Waals surface area contributed by atoms with E-state index in [2.05, 4.69) is 4.98 Å². The van der Waals surface area contributed by atoms with Crippen LogP contribution in [0.5, 0.6) is 0 Å². The van der Waals surface area contributed by atoms with E-state index < -0.39 is 22.7 Å². The van der Waals surface area contributed by atoms with E-state index in [1.54, 1.807) is 13.8 Å². The number of hydrogen-bond acceptors (Lipinski definition) is 6. The molecular formula is C23H19ClFN5O3. The SMILES string of the molecule is CC(C)(O)CCc1c(-c2ccc(F)c(Cl)c2)c(=O)n(-c2cncc(C#N)c2)c(=O)n1CC#N. The summed E-state index contributed by atoms with van der Waals surface area (Å²) in [7, 11) is 0. The fourth-order valence-electron chi connectivity index (χ4n) is 3.39. The zero-order chi connectivity index (χ0) is 24.3. The first kappa shape index (κ1) is 23.9. The van der Waals surface area contributed by atoms with Gasteiger partial charge in [-0.25, -0.2) is 13.8 Å². The van der Waals surface area contributed by atoms with Crippen LogP contribution in [-0.2, 0) is 13.0 Å². The predicted molar refractivity (Wildman–Crippen MR) is 119 cm³/mol. The van der Waals surface area contributed by atoms with Crippen LogP contribution in [0.1, 0.15) is 31.5 Å². The van der Waals surface area contributed by atoms with Gasteiger partial charge < -0.3 is 5.11 Å². The Morgan fingerprint density at radius 3 is 2.55 bits per heavy atom. The monoisotopic (exact) mass is 467 g/mol. The number of pyridine rings is 1. The summed E-state index contributed by atoms with van der Waals surface area (Å²) in [6.07, 6.45) is 2.78. The van der Waals surface area contributed by atoms with Crippen LogP contribution in [0.15, 0.2) is 46.2 Å². The molecule has 0 spiro atoms. The molecule has 2 aromatic heterocycles. The maximum atomic E-state index is 13.8. The molecule has 0 aliphatic carbocycles. The molecule has 0 unspecified atom stereocenters. The van der Waals surface area contributed by atoms with Crippen molar-refractivity contribution in [1.29, 1.82) is 10.5 Å². The molecule has 10 heteroatoms. The van der Waals surface area contributed by atoms with Gasteiger partial charge >= 0.3 is 5.69 Å². The third-order valence-corrected chi connectivity index (χ3v) is 5.27. The highest BCUT2D eigenvalue weighted by Gasteiger charge is 2.24. The van der Waals surface area contributed by atoms with Gasteiger partial charge in [0.05, 0.1) is 39.7 Å². The number of halogens is 2. The molecule has 1 N–H and O–H groups in total. The standard InChI is InChI=1S/C23H19ClFN5O3/c1-23(2,33)6-5-19-20(15-3-4-18(25)17(24)10-15)21(31)30(22(32)29(19)8-7-26)16-9-14(11-27)12-28-13-16/h3-4,9-10,12-13,33H,5-6,8H2,1-2H3. The summed E-state index contributed by atoms with van der Waals surface area (Å²) >= 11 is 5.96. The zero-order valence-electron chi connectivity index (χ0n) is 17.8. The molecule has 3 rings (SSSR count). The molecule has 0 atom stereocenters. The number of aromatic nitrogens is 3. The molecular weight excluding hydrogens is 449 g/mol. The third kappa shape index (κ3) is 5.01. The molecule has 8 nitrogen and oxygen atoms in total. The molecule has 0 aliphatic heterocycles. The quantitative estimate of drug-likeness (QED) is 0.594. The molecule has 3 aromatic rings. The molecule has 0 saturated carbocycles. The van der Waals surface area contributed by atoms with Crippen LogP contribution in [0.4, 0.5) is 4.39 Å². The molecule has 0 bridgehead atoms. The van der Waals surface area contributed by atoms with Crippen molar-refractivity contribution in [2.24, 2.45) is 0 Å². The Bertz CT molecular complexity index is 1420. The molecule has 0 fully saturated rings. The minimum Gasteiger partial charge on any atom is -0.390 e. The number of aliphatic hydroxyl groups is 1. The van der Waals surface area contributed by atoms with Crippen LogP contribution < -0.4 is 11.2 Å². The van der Waals surface area contributed by atoms with Crippen LogP contribution in [0.3, 0.4) is 0 Å². The molecule has 168 valence electrons. The minimum absolute atomic E-state index is 0.0263. The van der Waals surface area contributed by atoms with Gasteiger partial charge in [0.1, 0.15) is 18.4 Å². The van der Waals surface area contributed by atoms with Crippen molar-refractivity contribution in [3.05, 3.63) is 79.6 Å². The second kappa shape index (κ2) is 9.37. The van der Waals surface area contributed by atoms with Crippen molar-refractivity contribution in [3.63, 3.8) is 0 Å². The summed E-state index contributed by atoms with van der Waals surface area (Å²) in [5.41, 5.74) is -2.04. The Balaban J connectivity index is 2.45. The van der Waals surface area contributed by atoms with Gasteiger partial charge in [-0.3, -0.25) is 14.3 Å². The van der Waals surface area contributed by atoms with E-state index in [4.69, 9.17) is 11.6 Å². The lowest BCUT2D eigenvalue weighted by Crippen LogP contribution is -2.42. The van der Waals surface area contributed by atoms with Crippen molar-refractivity contribution in [2.75, 3.05) is 0 Å². The molecule has 0 aliphatic rings. The number of nitriles is 2. The molecule has 33 heavy (non-hydrogen) atoms. The molecule has 0 amide bonds. The highest BCUT2D eigenvalue weighted by Crippen LogP contribution is 2.27. The van der Waals surface area contributed by atoms with Gasteiger partial charge in [-0.1, -0.05) is 17.7 Å². The second-order valence-electron chi connectivity index (χ2n) is 7.97. The van der Waals surface area contributed by atoms with Crippen molar-refractivity contribution in [1.82, 2.24) is 14.1 Å². The van der Waals surface area contributed by atoms with Crippen molar-refractivity contribution in [2.45, 2.75) is 38.8 Å². The first-order valence-electron chi connectivity index (χ1n) is 9.86. The van der Waals surface area contributed by atoms with Gasteiger partial charge in [-0.15, -0.1) is 0 Å². The van der Waals surface area contributed by atoms with E-state index >= 15 is 0 Å². The van der Waals surface area contributed by atoms with Gasteiger partial charge in [-0.2, -0.15) is 10.5 Å². The summed E-state index contributed by atoms with van der Waals surface area (Å²) in [6.45, 7) is 2.77. The molecule has 2 heterocycles. The Labute approximate surface area is 193 Å². The lowest BCUT2D eigenvalue weighted by Gasteiger charge is -2.22. The van der Waals surface area contributed by atoms with Crippen molar-refractivity contribution in [3.8, 4) is 29.0 Å². The summed E-state index contributed by atoms with van der Waals surface area (Å²) in [5, 5.41) is 28.6. The van der Waals surface area contributed by atoms with E-state index in [9.17, 15) is 29.6 Å². The Morgan fingerprint density at radius 2 is 1.94 bits per heavy atom. The Kier molecular flexibility index (Phi) is 6.78. The summed E-state index contributed by atoms with van der Waals surface area (Å²) in [6, 6.07) is 8.84. The maximum absolute atomic E-state index is 13.8. The van der Waals surface area contributed by atoms with Crippen LogP contribution in [0.25, 0.3) is 16.8 Å². The first-order chi connectivity index (χ1) is 15.6.